The van der Waals surface area contributed by atoms with Crippen molar-refractivity contribution in [3.05, 3.63) is 34.2 Å². The fourth-order valence-corrected chi connectivity index (χ4v) is 1.28. The van der Waals surface area contributed by atoms with E-state index in [-0.39, 0.29) is 11.5 Å². The standard InChI is InChI=1S/C12H19N3O2/c1-9(2)15(3)8-7-13-12(17)10-5-4-6-11(16)14-10/h4-6,9H,7-8H2,1-3H3,(H,13,17)(H,14,16). The van der Waals surface area contributed by atoms with Gasteiger partial charge in [-0.15, -0.1) is 0 Å². The first-order valence-electron chi connectivity index (χ1n) is 5.68. The Labute approximate surface area is 101 Å². The number of amides is 1. The molecule has 2 N–H and O–H groups in total. The summed E-state index contributed by atoms with van der Waals surface area (Å²) in [5.74, 6) is -0.250. The number of nitrogens with zero attached hydrogens (tertiary/aromatic N) is 1. The van der Waals surface area contributed by atoms with Gasteiger partial charge in [0, 0.05) is 25.2 Å². The molecule has 0 unspecified atom stereocenters. The van der Waals surface area contributed by atoms with Crippen LogP contribution in [0.25, 0.3) is 0 Å². The Kier molecular flexibility index (Phi) is 4.90. The topological polar surface area (TPSA) is 65.2 Å². The van der Waals surface area contributed by atoms with Crippen molar-refractivity contribution >= 4 is 5.91 Å². The molecule has 0 fully saturated rings. The first-order valence-corrected chi connectivity index (χ1v) is 5.68. The van der Waals surface area contributed by atoms with Crippen molar-refractivity contribution in [1.29, 1.82) is 0 Å². The van der Waals surface area contributed by atoms with Crippen LogP contribution in [0, 0.1) is 0 Å². The van der Waals surface area contributed by atoms with Crippen LogP contribution in [-0.2, 0) is 0 Å². The molecule has 5 nitrogen and oxygen atoms in total. The highest BCUT2D eigenvalue weighted by Gasteiger charge is 2.07. The van der Waals surface area contributed by atoms with Gasteiger partial charge in [0.15, 0.2) is 0 Å². The Morgan fingerprint density at radius 1 is 1.47 bits per heavy atom. The average molecular weight is 237 g/mol. The fourth-order valence-electron chi connectivity index (χ4n) is 1.28. The molecular weight excluding hydrogens is 218 g/mol. The smallest absolute Gasteiger partial charge is 0.267 e. The highest BCUT2D eigenvalue weighted by molar-refractivity contribution is 5.92. The van der Waals surface area contributed by atoms with Gasteiger partial charge in [0.2, 0.25) is 5.56 Å². The third-order valence-electron chi connectivity index (χ3n) is 2.64. The molecule has 0 atom stereocenters. The zero-order chi connectivity index (χ0) is 12.8. The summed E-state index contributed by atoms with van der Waals surface area (Å²) in [6.45, 7) is 5.53. The molecule has 0 aliphatic rings. The van der Waals surface area contributed by atoms with E-state index in [4.69, 9.17) is 0 Å². The molecule has 0 aliphatic carbocycles. The summed E-state index contributed by atoms with van der Waals surface area (Å²) in [6.07, 6.45) is 0. The van der Waals surface area contributed by atoms with Crippen LogP contribution in [-0.4, -0.2) is 42.0 Å². The van der Waals surface area contributed by atoms with Crippen molar-refractivity contribution in [3.8, 4) is 0 Å². The van der Waals surface area contributed by atoms with Gasteiger partial charge in [-0.25, -0.2) is 0 Å². The van der Waals surface area contributed by atoms with Gasteiger partial charge in [-0.3, -0.25) is 9.59 Å². The highest BCUT2D eigenvalue weighted by Crippen LogP contribution is 1.92. The van der Waals surface area contributed by atoms with E-state index < -0.39 is 0 Å². The van der Waals surface area contributed by atoms with Gasteiger partial charge in [-0.2, -0.15) is 0 Å². The minimum absolute atomic E-state index is 0.250. The van der Waals surface area contributed by atoms with Crippen LogP contribution >= 0.6 is 0 Å². The zero-order valence-electron chi connectivity index (χ0n) is 10.5. The van der Waals surface area contributed by atoms with Crippen molar-refractivity contribution in [2.24, 2.45) is 0 Å². The predicted octanol–water partition coefficient (Wildman–Crippen LogP) is 0.445. The summed E-state index contributed by atoms with van der Waals surface area (Å²) < 4.78 is 0. The zero-order valence-corrected chi connectivity index (χ0v) is 10.5. The lowest BCUT2D eigenvalue weighted by Gasteiger charge is -2.20. The Morgan fingerprint density at radius 3 is 2.76 bits per heavy atom. The molecule has 5 heteroatoms. The van der Waals surface area contributed by atoms with Gasteiger partial charge in [0.1, 0.15) is 5.69 Å². The third-order valence-corrected chi connectivity index (χ3v) is 2.64. The molecule has 0 spiro atoms. The van der Waals surface area contributed by atoms with Gasteiger partial charge in [0.25, 0.3) is 5.91 Å². The molecule has 1 aromatic rings. The lowest BCUT2D eigenvalue weighted by molar-refractivity contribution is 0.0943. The second-order valence-electron chi connectivity index (χ2n) is 4.26. The monoisotopic (exact) mass is 237 g/mol. The molecule has 0 aromatic carbocycles. The van der Waals surface area contributed by atoms with E-state index in [1.165, 1.54) is 6.07 Å². The summed E-state index contributed by atoms with van der Waals surface area (Å²) in [6, 6.07) is 4.98. The lowest BCUT2D eigenvalue weighted by Crippen LogP contribution is -2.36. The fraction of sp³-hybridized carbons (Fsp3) is 0.500. The normalized spacial score (nSPS) is 10.9. The Bertz CT molecular complexity index is 426. The van der Waals surface area contributed by atoms with Gasteiger partial charge in [0.05, 0.1) is 0 Å². The average Bonchev–Trinajstić information content (AvgIpc) is 2.28. The molecule has 1 rings (SSSR count). The molecule has 1 aromatic heterocycles. The number of nitrogens with one attached hydrogen (secondary N) is 2. The molecule has 1 heterocycles. The molecule has 17 heavy (non-hydrogen) atoms. The quantitative estimate of drug-likeness (QED) is 0.781. The SMILES string of the molecule is CC(C)N(C)CCNC(=O)c1cccc(=O)[nH]1. The maximum absolute atomic E-state index is 11.6. The van der Waals surface area contributed by atoms with Crippen LogP contribution < -0.4 is 10.9 Å². The van der Waals surface area contributed by atoms with Crippen LogP contribution in [0.2, 0.25) is 0 Å². The molecule has 0 bridgehead atoms. The van der Waals surface area contributed by atoms with Crippen LogP contribution in [0.4, 0.5) is 0 Å². The second-order valence-corrected chi connectivity index (χ2v) is 4.26. The number of likely N-dealkylation sites (N-methyl/N-ethyl adjacent to an activating group) is 1. The van der Waals surface area contributed by atoms with Crippen molar-refractivity contribution in [2.45, 2.75) is 19.9 Å². The van der Waals surface area contributed by atoms with E-state index in [1.54, 1.807) is 12.1 Å². The molecular formula is C12H19N3O2. The molecule has 0 saturated heterocycles. The van der Waals surface area contributed by atoms with E-state index in [2.05, 4.69) is 29.0 Å². The summed E-state index contributed by atoms with van der Waals surface area (Å²) in [4.78, 5) is 27.3. The first-order chi connectivity index (χ1) is 8.00. The number of carbonyl (C=O) groups excluding carboxylic acids is 1. The van der Waals surface area contributed by atoms with Crippen molar-refractivity contribution in [2.75, 3.05) is 20.1 Å². The number of aromatic nitrogens is 1. The molecule has 94 valence electrons. The molecule has 0 aliphatic heterocycles. The van der Waals surface area contributed by atoms with Crippen molar-refractivity contribution in [1.82, 2.24) is 15.2 Å². The van der Waals surface area contributed by atoms with Crippen molar-refractivity contribution in [3.63, 3.8) is 0 Å². The second kappa shape index (κ2) is 6.20. The number of rotatable bonds is 5. The van der Waals surface area contributed by atoms with Crippen LogP contribution in [0.15, 0.2) is 23.0 Å². The molecule has 1 amide bonds. The number of carbonyl (C=O) groups is 1. The van der Waals surface area contributed by atoms with E-state index in [0.717, 1.165) is 6.54 Å². The number of aromatic amines is 1. The Balaban J connectivity index is 2.43. The summed E-state index contributed by atoms with van der Waals surface area (Å²) in [5.41, 5.74) is 0.0293. The van der Waals surface area contributed by atoms with Gasteiger partial charge in [-0.1, -0.05) is 6.07 Å². The third kappa shape index (κ3) is 4.40. The minimum Gasteiger partial charge on any atom is -0.349 e. The minimum atomic E-state index is -0.267. The highest BCUT2D eigenvalue weighted by atomic mass is 16.2. The van der Waals surface area contributed by atoms with Gasteiger partial charge < -0.3 is 15.2 Å². The van der Waals surface area contributed by atoms with Crippen LogP contribution in [0.1, 0.15) is 24.3 Å². The van der Waals surface area contributed by atoms with Crippen LogP contribution in [0.3, 0.4) is 0 Å². The van der Waals surface area contributed by atoms with E-state index in [1.807, 2.05) is 7.05 Å². The Hall–Kier alpha value is -1.62. The summed E-state index contributed by atoms with van der Waals surface area (Å²) >= 11 is 0. The maximum Gasteiger partial charge on any atom is 0.267 e. The predicted molar refractivity (Wildman–Crippen MR) is 67.2 cm³/mol. The van der Waals surface area contributed by atoms with Gasteiger partial charge >= 0.3 is 0 Å². The maximum atomic E-state index is 11.6. The number of hydrogen-bond acceptors (Lipinski definition) is 3. The summed E-state index contributed by atoms with van der Waals surface area (Å²) in [5, 5.41) is 2.76. The van der Waals surface area contributed by atoms with E-state index in [0.29, 0.717) is 18.3 Å². The Morgan fingerprint density at radius 2 is 2.18 bits per heavy atom. The number of H-pyrrole nitrogens is 1. The van der Waals surface area contributed by atoms with E-state index in [9.17, 15) is 9.59 Å². The number of hydrogen-bond donors (Lipinski definition) is 2. The van der Waals surface area contributed by atoms with Gasteiger partial charge in [-0.05, 0) is 27.0 Å². The first kappa shape index (κ1) is 13.4. The molecule has 0 saturated carbocycles. The largest absolute Gasteiger partial charge is 0.349 e. The van der Waals surface area contributed by atoms with Crippen LogP contribution in [0.5, 0.6) is 0 Å². The summed E-state index contributed by atoms with van der Waals surface area (Å²) in [7, 11) is 2.00. The molecule has 0 radical (unpaired) electrons. The number of pyridine rings is 1. The lowest BCUT2D eigenvalue weighted by atomic mass is 10.3. The van der Waals surface area contributed by atoms with E-state index >= 15 is 0 Å². The van der Waals surface area contributed by atoms with Crippen molar-refractivity contribution < 1.29 is 4.79 Å².